The van der Waals surface area contributed by atoms with Gasteiger partial charge in [0, 0.05) is 42.8 Å². The maximum absolute atomic E-state index is 14.5. The van der Waals surface area contributed by atoms with Gasteiger partial charge in [-0.05, 0) is 35.7 Å². The first-order chi connectivity index (χ1) is 19.1. The molecular weight excluding hydrogens is 529 g/mol. The molecule has 6 rings (SSSR count). The van der Waals surface area contributed by atoms with Gasteiger partial charge in [-0.15, -0.1) is 0 Å². The summed E-state index contributed by atoms with van der Waals surface area (Å²) in [5, 5.41) is 15.9. The molecule has 0 radical (unpaired) electrons. The average Bonchev–Trinajstić information content (AvgIpc) is 3.52. The van der Waals surface area contributed by atoms with Crippen molar-refractivity contribution in [2.45, 2.75) is 18.9 Å². The molecule has 0 bridgehead atoms. The average molecular weight is 553 g/mol. The first kappa shape index (κ1) is 25.4. The van der Waals surface area contributed by atoms with Gasteiger partial charge >= 0.3 is 6.09 Å². The van der Waals surface area contributed by atoms with E-state index >= 15 is 0 Å². The van der Waals surface area contributed by atoms with Crippen molar-refractivity contribution in [3.8, 4) is 11.1 Å². The highest BCUT2D eigenvalue weighted by atomic mass is 19.3. The van der Waals surface area contributed by atoms with Crippen molar-refractivity contribution in [2.24, 2.45) is 7.05 Å². The van der Waals surface area contributed by atoms with E-state index in [-0.39, 0.29) is 11.8 Å². The van der Waals surface area contributed by atoms with Crippen LogP contribution in [0.4, 0.5) is 35.4 Å². The fourth-order valence-corrected chi connectivity index (χ4v) is 4.92. The van der Waals surface area contributed by atoms with E-state index in [1.54, 1.807) is 46.8 Å². The topological polar surface area (TPSA) is 121 Å². The number of aromatic nitrogens is 5. The van der Waals surface area contributed by atoms with Gasteiger partial charge in [0.25, 0.3) is 11.8 Å². The van der Waals surface area contributed by atoms with E-state index in [0.29, 0.717) is 36.5 Å². The maximum Gasteiger partial charge on any atom is 0.432 e. The molecule has 2 N–H and O–H groups in total. The Balaban J connectivity index is 1.17. The number of nitrogens with zero attached hydrogens (tertiary/aromatic N) is 7. The van der Waals surface area contributed by atoms with E-state index in [4.69, 9.17) is 5.11 Å². The van der Waals surface area contributed by atoms with Crippen LogP contribution >= 0.6 is 0 Å². The van der Waals surface area contributed by atoms with Crippen molar-refractivity contribution in [3.05, 3.63) is 71.7 Å². The highest BCUT2D eigenvalue weighted by Gasteiger charge is 2.47. The molecule has 0 unspecified atom stereocenters. The van der Waals surface area contributed by atoms with Gasteiger partial charge in [0.1, 0.15) is 11.5 Å². The second-order valence-electron chi connectivity index (χ2n) is 9.78. The molecule has 1 fully saturated rings. The molecule has 5 heterocycles. The van der Waals surface area contributed by atoms with Crippen molar-refractivity contribution in [3.63, 3.8) is 0 Å². The summed E-state index contributed by atoms with van der Waals surface area (Å²) < 4.78 is 43.6. The Bertz CT molecular complexity index is 1620. The number of carbonyl (C=O) groups excluding carboxylic acids is 1. The van der Waals surface area contributed by atoms with Crippen molar-refractivity contribution < 1.29 is 27.9 Å². The molecule has 0 saturated carbocycles. The van der Waals surface area contributed by atoms with Crippen molar-refractivity contribution in [1.29, 1.82) is 0 Å². The van der Waals surface area contributed by atoms with E-state index in [0.717, 1.165) is 26.4 Å². The quantitative estimate of drug-likeness (QED) is 0.359. The van der Waals surface area contributed by atoms with Crippen molar-refractivity contribution >= 4 is 29.5 Å². The molecule has 14 heteroatoms. The molecule has 11 nitrogen and oxygen atoms in total. The molecule has 2 aliphatic rings. The maximum atomic E-state index is 14.5. The Morgan fingerprint density at radius 2 is 1.82 bits per heavy atom. The lowest BCUT2D eigenvalue weighted by molar-refractivity contribution is -0.113. The van der Waals surface area contributed by atoms with Crippen LogP contribution < -0.4 is 10.2 Å². The van der Waals surface area contributed by atoms with Gasteiger partial charge in [-0.3, -0.25) is 4.79 Å². The van der Waals surface area contributed by atoms with E-state index in [1.807, 2.05) is 0 Å². The van der Waals surface area contributed by atoms with Crippen LogP contribution in [0.25, 0.3) is 11.1 Å². The Labute approximate surface area is 225 Å². The molecule has 0 atom stereocenters. The summed E-state index contributed by atoms with van der Waals surface area (Å²) in [6.07, 6.45) is 2.21. The lowest BCUT2D eigenvalue weighted by atomic mass is 10.1. The van der Waals surface area contributed by atoms with Gasteiger partial charge in [-0.25, -0.2) is 13.6 Å². The Hall–Kier alpha value is -4.88. The van der Waals surface area contributed by atoms with Crippen LogP contribution in [0.1, 0.15) is 21.7 Å². The molecule has 3 aromatic heterocycles. The number of nitrogens with one attached hydrogen (secondary N) is 1. The fourth-order valence-electron chi connectivity index (χ4n) is 4.92. The number of anilines is 3. The van der Waals surface area contributed by atoms with Gasteiger partial charge in [0.15, 0.2) is 0 Å². The number of carbonyl (C=O) groups is 2. The molecule has 40 heavy (non-hydrogen) atoms. The van der Waals surface area contributed by atoms with Crippen molar-refractivity contribution in [1.82, 2.24) is 29.2 Å². The van der Waals surface area contributed by atoms with E-state index in [2.05, 4.69) is 20.4 Å². The first-order valence-corrected chi connectivity index (χ1v) is 12.4. The lowest BCUT2D eigenvalue weighted by Crippen LogP contribution is -2.58. The summed E-state index contributed by atoms with van der Waals surface area (Å²) >= 11 is 0. The SMILES string of the molecule is Cn1c(C(=O)N2CC(F)(F)C2)cc2c1CN(c1nc(F)cc(Nc3ccc(-c4cnn(C(=O)O)c4)cc3)n1)CC2. The van der Waals surface area contributed by atoms with Crippen LogP contribution in [-0.2, 0) is 20.0 Å². The highest BCUT2D eigenvalue weighted by Crippen LogP contribution is 2.31. The van der Waals surface area contributed by atoms with Crippen LogP contribution in [0.15, 0.2) is 48.8 Å². The highest BCUT2D eigenvalue weighted by molar-refractivity contribution is 5.94. The second kappa shape index (κ2) is 9.39. The van der Waals surface area contributed by atoms with Crippen LogP contribution in [0.2, 0.25) is 0 Å². The number of rotatable bonds is 5. The third-order valence-corrected chi connectivity index (χ3v) is 7.03. The molecule has 1 saturated heterocycles. The molecule has 1 amide bonds. The number of likely N-dealkylation sites (tertiary alicyclic amines) is 1. The summed E-state index contributed by atoms with van der Waals surface area (Å²) in [5.41, 5.74) is 4.08. The number of benzene rings is 1. The summed E-state index contributed by atoms with van der Waals surface area (Å²) in [6.45, 7) is -0.372. The van der Waals surface area contributed by atoms with E-state index in [1.165, 1.54) is 18.5 Å². The number of hydrogen-bond donors (Lipinski definition) is 2. The molecule has 1 aromatic carbocycles. The zero-order valence-corrected chi connectivity index (χ0v) is 21.2. The van der Waals surface area contributed by atoms with Crippen LogP contribution in [0.3, 0.4) is 0 Å². The monoisotopic (exact) mass is 552 g/mol. The Kier molecular flexibility index (Phi) is 5.97. The van der Waals surface area contributed by atoms with E-state index in [9.17, 15) is 22.8 Å². The van der Waals surface area contributed by atoms with Gasteiger partial charge in [-0.1, -0.05) is 12.1 Å². The van der Waals surface area contributed by atoms with Gasteiger partial charge in [0.05, 0.1) is 25.8 Å². The number of amides is 1. The standard InChI is InChI=1S/C26H23F3N8O3/c1-34-19(23(38)36-13-26(28,29)14-36)8-16-6-7-35(12-20(16)34)24-32-21(27)9-22(33-24)31-18-4-2-15(3-5-18)17-10-30-37(11-17)25(39)40/h2-5,8-11H,6-7,12-14H2,1H3,(H,39,40)(H,31,32,33). The molecule has 2 aliphatic heterocycles. The summed E-state index contributed by atoms with van der Waals surface area (Å²) in [5.74, 6) is -3.60. The smallest absolute Gasteiger partial charge is 0.432 e. The van der Waals surface area contributed by atoms with E-state index < -0.39 is 37.0 Å². The zero-order valence-electron chi connectivity index (χ0n) is 21.2. The summed E-state index contributed by atoms with van der Waals surface area (Å²) in [6, 6.07) is 9.94. The summed E-state index contributed by atoms with van der Waals surface area (Å²) in [4.78, 5) is 35.2. The third kappa shape index (κ3) is 4.72. The zero-order chi connectivity index (χ0) is 28.2. The Morgan fingerprint density at radius 3 is 2.50 bits per heavy atom. The molecular formula is C26H23F3N8O3. The van der Waals surface area contributed by atoms with Crippen LogP contribution in [-0.4, -0.2) is 71.9 Å². The van der Waals surface area contributed by atoms with Gasteiger partial charge in [0.2, 0.25) is 11.9 Å². The molecule has 4 aromatic rings. The minimum absolute atomic E-state index is 0.169. The minimum Gasteiger partial charge on any atom is -0.463 e. The number of fused-ring (bicyclic) bond motifs is 1. The number of hydrogen-bond acceptors (Lipinski definition) is 7. The largest absolute Gasteiger partial charge is 0.463 e. The normalized spacial score (nSPS) is 15.9. The lowest BCUT2D eigenvalue weighted by Gasteiger charge is -2.38. The minimum atomic E-state index is -2.84. The number of alkyl halides is 2. The van der Waals surface area contributed by atoms with Crippen LogP contribution in [0.5, 0.6) is 0 Å². The molecule has 206 valence electrons. The predicted molar refractivity (Wildman–Crippen MR) is 137 cm³/mol. The van der Waals surface area contributed by atoms with Crippen molar-refractivity contribution in [2.75, 3.05) is 29.9 Å². The number of halogens is 3. The molecule has 0 spiro atoms. The Morgan fingerprint density at radius 1 is 1.07 bits per heavy atom. The fraction of sp³-hybridized carbons (Fsp3) is 0.269. The summed E-state index contributed by atoms with van der Waals surface area (Å²) in [7, 11) is 1.71. The second-order valence-corrected chi connectivity index (χ2v) is 9.78. The van der Waals surface area contributed by atoms with Gasteiger partial charge < -0.3 is 24.8 Å². The number of carboxylic acid groups (broad SMARTS) is 1. The first-order valence-electron chi connectivity index (χ1n) is 12.4. The van der Waals surface area contributed by atoms with Gasteiger partial charge in [-0.2, -0.15) is 24.1 Å². The van der Waals surface area contributed by atoms with Crippen LogP contribution in [0, 0.1) is 5.95 Å². The molecule has 0 aliphatic carbocycles. The predicted octanol–water partition coefficient (Wildman–Crippen LogP) is 3.74. The third-order valence-electron chi connectivity index (χ3n) is 7.03.